The number of carbonyl (C=O) groups excluding carboxylic acids is 1. The van der Waals surface area contributed by atoms with Gasteiger partial charge in [0.25, 0.3) is 0 Å². The van der Waals surface area contributed by atoms with Crippen molar-refractivity contribution in [1.82, 2.24) is 0 Å². The van der Waals surface area contributed by atoms with Crippen molar-refractivity contribution in [2.45, 2.75) is 103 Å². The summed E-state index contributed by atoms with van der Waals surface area (Å²) in [7, 11) is 0. The zero-order valence-electron chi connectivity index (χ0n) is 15.7. The minimum absolute atomic E-state index is 0.000282. The lowest BCUT2D eigenvalue weighted by Gasteiger charge is -2.06. The number of cyclic esters (lactones) is 1. The van der Waals surface area contributed by atoms with E-state index in [1.807, 2.05) is 0 Å². The van der Waals surface area contributed by atoms with Gasteiger partial charge in [0.1, 0.15) is 0 Å². The standard InChI is InChI=1S/C22H38O2/c1-21-17-13-9-5-2-3-7-11-15-19-22(23)24-20-16-12-8-4-6-10-14-18-21/h9,13H,1-8,10-12,14-20H2/b13-9+. The van der Waals surface area contributed by atoms with Crippen molar-refractivity contribution in [3.05, 3.63) is 24.3 Å². The molecule has 24 heavy (non-hydrogen) atoms. The van der Waals surface area contributed by atoms with Gasteiger partial charge in [-0.05, 0) is 44.9 Å². The summed E-state index contributed by atoms with van der Waals surface area (Å²) in [5, 5.41) is 0. The Balaban J connectivity index is 2.21. The van der Waals surface area contributed by atoms with E-state index in [1.165, 1.54) is 76.2 Å². The lowest BCUT2D eigenvalue weighted by Crippen LogP contribution is -2.05. The molecule has 0 saturated heterocycles. The van der Waals surface area contributed by atoms with Crippen LogP contribution in [0.2, 0.25) is 0 Å². The summed E-state index contributed by atoms with van der Waals surface area (Å²) < 4.78 is 5.31. The fraction of sp³-hybridized carbons (Fsp3) is 0.773. The molecule has 0 unspecified atom stereocenters. The Hall–Kier alpha value is -1.05. The SMILES string of the molecule is C=C1C/C=C/CCCCCCCC(=O)OCCCCCCCCC1. The van der Waals surface area contributed by atoms with E-state index in [0.717, 1.165) is 25.7 Å². The molecule has 0 aliphatic carbocycles. The maximum atomic E-state index is 11.6. The summed E-state index contributed by atoms with van der Waals surface area (Å²) in [6.07, 6.45) is 23.2. The molecule has 2 nitrogen and oxygen atoms in total. The monoisotopic (exact) mass is 334 g/mol. The van der Waals surface area contributed by atoms with Crippen LogP contribution in [0.3, 0.4) is 0 Å². The van der Waals surface area contributed by atoms with Gasteiger partial charge in [0.05, 0.1) is 6.61 Å². The third-order valence-electron chi connectivity index (χ3n) is 4.76. The fourth-order valence-electron chi connectivity index (χ4n) is 3.15. The Morgan fingerprint density at radius 3 is 2.04 bits per heavy atom. The highest BCUT2D eigenvalue weighted by atomic mass is 16.5. The van der Waals surface area contributed by atoms with E-state index in [1.54, 1.807) is 0 Å². The Labute approximate surface area is 149 Å². The van der Waals surface area contributed by atoms with Gasteiger partial charge in [-0.3, -0.25) is 4.79 Å². The first-order chi connectivity index (χ1) is 11.8. The number of esters is 1. The van der Waals surface area contributed by atoms with Crippen LogP contribution in [0.25, 0.3) is 0 Å². The summed E-state index contributed by atoms with van der Waals surface area (Å²) in [6, 6.07) is 0. The maximum absolute atomic E-state index is 11.6. The average Bonchev–Trinajstić information content (AvgIpc) is 2.57. The molecule has 0 aromatic heterocycles. The third-order valence-corrected chi connectivity index (χ3v) is 4.76. The zero-order chi connectivity index (χ0) is 17.3. The van der Waals surface area contributed by atoms with Gasteiger partial charge in [-0.1, -0.05) is 75.7 Å². The molecule has 2 heteroatoms. The van der Waals surface area contributed by atoms with Crippen LogP contribution in [-0.2, 0) is 9.53 Å². The molecule has 0 N–H and O–H groups in total. The molecule has 1 rings (SSSR count). The topological polar surface area (TPSA) is 26.3 Å². The largest absolute Gasteiger partial charge is 0.466 e. The third kappa shape index (κ3) is 13.4. The van der Waals surface area contributed by atoms with E-state index in [2.05, 4.69) is 18.7 Å². The highest BCUT2D eigenvalue weighted by molar-refractivity contribution is 5.69. The van der Waals surface area contributed by atoms with Crippen molar-refractivity contribution >= 4 is 5.97 Å². The van der Waals surface area contributed by atoms with E-state index in [-0.39, 0.29) is 5.97 Å². The molecule has 1 aliphatic rings. The molecule has 0 aromatic rings. The summed E-state index contributed by atoms with van der Waals surface area (Å²) in [5.74, 6) is 0.000282. The molecule has 1 aliphatic heterocycles. The quantitative estimate of drug-likeness (QED) is 0.356. The van der Waals surface area contributed by atoms with Crippen LogP contribution in [0.15, 0.2) is 24.3 Å². The first-order valence-electron chi connectivity index (χ1n) is 10.3. The normalized spacial score (nSPS) is 23.5. The van der Waals surface area contributed by atoms with Gasteiger partial charge in [0, 0.05) is 6.42 Å². The van der Waals surface area contributed by atoms with Gasteiger partial charge < -0.3 is 4.74 Å². The van der Waals surface area contributed by atoms with Crippen LogP contribution >= 0.6 is 0 Å². The van der Waals surface area contributed by atoms with Gasteiger partial charge in [-0.15, -0.1) is 0 Å². The molecule has 0 atom stereocenters. The Bertz CT molecular complexity index is 357. The molecule has 0 bridgehead atoms. The van der Waals surface area contributed by atoms with Crippen LogP contribution in [0, 0.1) is 0 Å². The molecule has 0 aromatic carbocycles. The number of ether oxygens (including phenoxy) is 1. The first-order valence-corrected chi connectivity index (χ1v) is 10.3. The highest BCUT2D eigenvalue weighted by Crippen LogP contribution is 2.15. The van der Waals surface area contributed by atoms with Gasteiger partial charge in [-0.25, -0.2) is 0 Å². The highest BCUT2D eigenvalue weighted by Gasteiger charge is 2.02. The minimum Gasteiger partial charge on any atom is -0.466 e. The second-order valence-electron chi connectivity index (χ2n) is 7.18. The van der Waals surface area contributed by atoms with Gasteiger partial charge in [0.2, 0.25) is 0 Å². The average molecular weight is 335 g/mol. The Kier molecular flexibility index (Phi) is 13.5. The molecule has 0 amide bonds. The van der Waals surface area contributed by atoms with E-state index in [9.17, 15) is 4.79 Å². The van der Waals surface area contributed by atoms with Crippen molar-refractivity contribution in [1.29, 1.82) is 0 Å². The number of carbonyl (C=O) groups is 1. The lowest BCUT2D eigenvalue weighted by molar-refractivity contribution is -0.143. The number of hydrogen-bond acceptors (Lipinski definition) is 2. The minimum atomic E-state index is 0.000282. The Morgan fingerprint density at radius 1 is 0.708 bits per heavy atom. The summed E-state index contributed by atoms with van der Waals surface area (Å²) in [6.45, 7) is 4.82. The van der Waals surface area contributed by atoms with E-state index in [0.29, 0.717) is 13.0 Å². The van der Waals surface area contributed by atoms with Crippen molar-refractivity contribution < 1.29 is 9.53 Å². The molecular formula is C22H38O2. The van der Waals surface area contributed by atoms with E-state index >= 15 is 0 Å². The molecule has 138 valence electrons. The first kappa shape index (κ1) is 21.0. The molecule has 0 radical (unpaired) electrons. The predicted molar refractivity (Wildman–Crippen MR) is 103 cm³/mol. The summed E-state index contributed by atoms with van der Waals surface area (Å²) in [4.78, 5) is 11.6. The number of allylic oxidation sites excluding steroid dienone is 3. The lowest BCUT2D eigenvalue weighted by atomic mass is 10.0. The molecule has 0 spiro atoms. The van der Waals surface area contributed by atoms with Crippen LogP contribution in [0.4, 0.5) is 0 Å². The number of hydrogen-bond donors (Lipinski definition) is 0. The summed E-state index contributed by atoms with van der Waals surface area (Å²) >= 11 is 0. The number of rotatable bonds is 0. The van der Waals surface area contributed by atoms with E-state index < -0.39 is 0 Å². The molecule has 1 heterocycles. The van der Waals surface area contributed by atoms with E-state index in [4.69, 9.17) is 4.74 Å². The van der Waals surface area contributed by atoms with Crippen molar-refractivity contribution in [2.24, 2.45) is 0 Å². The molecule has 0 saturated carbocycles. The van der Waals surface area contributed by atoms with Crippen LogP contribution in [0.1, 0.15) is 103 Å². The van der Waals surface area contributed by atoms with Gasteiger partial charge >= 0.3 is 5.97 Å². The second kappa shape index (κ2) is 15.5. The van der Waals surface area contributed by atoms with Crippen LogP contribution in [-0.4, -0.2) is 12.6 Å². The second-order valence-corrected chi connectivity index (χ2v) is 7.18. The smallest absolute Gasteiger partial charge is 0.305 e. The van der Waals surface area contributed by atoms with Crippen molar-refractivity contribution in [2.75, 3.05) is 6.61 Å². The maximum Gasteiger partial charge on any atom is 0.305 e. The van der Waals surface area contributed by atoms with Crippen LogP contribution < -0.4 is 0 Å². The van der Waals surface area contributed by atoms with Gasteiger partial charge in [-0.2, -0.15) is 0 Å². The molecular weight excluding hydrogens is 296 g/mol. The van der Waals surface area contributed by atoms with Crippen molar-refractivity contribution in [3.63, 3.8) is 0 Å². The van der Waals surface area contributed by atoms with Crippen molar-refractivity contribution in [3.8, 4) is 0 Å². The zero-order valence-corrected chi connectivity index (χ0v) is 15.7. The fourth-order valence-corrected chi connectivity index (χ4v) is 3.15. The molecule has 0 fully saturated rings. The van der Waals surface area contributed by atoms with Crippen LogP contribution in [0.5, 0.6) is 0 Å². The predicted octanol–water partition coefficient (Wildman–Crippen LogP) is 6.90. The Morgan fingerprint density at radius 2 is 1.29 bits per heavy atom. The summed E-state index contributed by atoms with van der Waals surface area (Å²) in [5.41, 5.74) is 1.38. The van der Waals surface area contributed by atoms with Gasteiger partial charge in [0.15, 0.2) is 0 Å².